The van der Waals surface area contributed by atoms with Crippen LogP contribution in [0.4, 0.5) is 13.2 Å². The summed E-state index contributed by atoms with van der Waals surface area (Å²) in [6.07, 6.45) is -1.36. The SMILES string of the molecule is Cn1cc(-c2ccccc2C(F)(F)F)cn1. The van der Waals surface area contributed by atoms with Crippen molar-refractivity contribution in [1.82, 2.24) is 9.78 Å². The molecule has 0 spiro atoms. The first-order valence-electron chi connectivity index (χ1n) is 4.64. The van der Waals surface area contributed by atoms with Gasteiger partial charge in [-0.3, -0.25) is 4.68 Å². The number of aryl methyl sites for hydroxylation is 1. The van der Waals surface area contributed by atoms with E-state index in [-0.39, 0.29) is 5.56 Å². The first-order chi connectivity index (χ1) is 7.48. The first-order valence-corrected chi connectivity index (χ1v) is 4.64. The van der Waals surface area contributed by atoms with Crippen molar-refractivity contribution < 1.29 is 13.2 Å². The van der Waals surface area contributed by atoms with Gasteiger partial charge in [-0.25, -0.2) is 0 Å². The van der Waals surface area contributed by atoms with Crippen LogP contribution in [0.5, 0.6) is 0 Å². The van der Waals surface area contributed by atoms with Crippen LogP contribution in [0.25, 0.3) is 11.1 Å². The van der Waals surface area contributed by atoms with Crippen molar-refractivity contribution in [2.24, 2.45) is 7.05 Å². The highest BCUT2D eigenvalue weighted by molar-refractivity contribution is 5.66. The normalized spacial score (nSPS) is 11.8. The highest BCUT2D eigenvalue weighted by Crippen LogP contribution is 2.36. The molecular formula is C11H9F3N2. The van der Waals surface area contributed by atoms with Crippen molar-refractivity contribution in [1.29, 1.82) is 0 Å². The fraction of sp³-hybridized carbons (Fsp3) is 0.182. The minimum Gasteiger partial charge on any atom is -0.275 e. The molecule has 1 aromatic heterocycles. The Hall–Kier alpha value is -1.78. The van der Waals surface area contributed by atoms with Gasteiger partial charge >= 0.3 is 6.18 Å². The molecule has 0 fully saturated rings. The van der Waals surface area contributed by atoms with E-state index in [2.05, 4.69) is 5.10 Å². The van der Waals surface area contributed by atoms with Crippen molar-refractivity contribution in [3.05, 3.63) is 42.2 Å². The maximum Gasteiger partial charge on any atom is 0.417 e. The molecule has 0 aliphatic carbocycles. The van der Waals surface area contributed by atoms with Crippen molar-refractivity contribution in [3.63, 3.8) is 0 Å². The minimum absolute atomic E-state index is 0.156. The lowest BCUT2D eigenvalue weighted by Crippen LogP contribution is -2.06. The fourth-order valence-corrected chi connectivity index (χ4v) is 1.54. The number of hydrogen-bond donors (Lipinski definition) is 0. The molecular weight excluding hydrogens is 217 g/mol. The van der Waals surface area contributed by atoms with E-state index in [4.69, 9.17) is 0 Å². The van der Waals surface area contributed by atoms with Crippen LogP contribution < -0.4 is 0 Å². The predicted molar refractivity (Wildman–Crippen MR) is 53.6 cm³/mol. The van der Waals surface area contributed by atoms with Gasteiger partial charge in [0.1, 0.15) is 0 Å². The first kappa shape index (κ1) is 10.7. The number of rotatable bonds is 1. The zero-order valence-corrected chi connectivity index (χ0v) is 8.49. The number of aromatic nitrogens is 2. The third-order valence-corrected chi connectivity index (χ3v) is 2.25. The third kappa shape index (κ3) is 1.93. The lowest BCUT2D eigenvalue weighted by molar-refractivity contribution is -0.137. The number of halogens is 3. The largest absolute Gasteiger partial charge is 0.417 e. The lowest BCUT2D eigenvalue weighted by atomic mass is 10.0. The van der Waals surface area contributed by atoms with Crippen molar-refractivity contribution in [2.75, 3.05) is 0 Å². The van der Waals surface area contributed by atoms with Crippen LogP contribution in [0, 0.1) is 0 Å². The van der Waals surface area contributed by atoms with Gasteiger partial charge in [-0.1, -0.05) is 18.2 Å². The number of alkyl halides is 3. The van der Waals surface area contributed by atoms with E-state index >= 15 is 0 Å². The Kier molecular flexibility index (Phi) is 2.46. The predicted octanol–water partition coefficient (Wildman–Crippen LogP) is 3.11. The second-order valence-corrected chi connectivity index (χ2v) is 3.45. The van der Waals surface area contributed by atoms with Crippen LogP contribution >= 0.6 is 0 Å². The highest BCUT2D eigenvalue weighted by atomic mass is 19.4. The Labute approximate surface area is 90.3 Å². The van der Waals surface area contributed by atoms with Gasteiger partial charge in [0.05, 0.1) is 11.8 Å². The van der Waals surface area contributed by atoms with Gasteiger partial charge in [-0.2, -0.15) is 18.3 Å². The molecule has 0 saturated heterocycles. The minimum atomic E-state index is -4.34. The molecule has 0 aliphatic rings. The average Bonchev–Trinajstić information content (AvgIpc) is 2.64. The molecule has 1 aromatic carbocycles. The Morgan fingerprint density at radius 1 is 1.19 bits per heavy atom. The summed E-state index contributed by atoms with van der Waals surface area (Å²) in [5.41, 5.74) is -0.0125. The molecule has 0 saturated carbocycles. The Morgan fingerprint density at radius 3 is 2.44 bits per heavy atom. The number of nitrogens with zero attached hydrogens (tertiary/aromatic N) is 2. The van der Waals surface area contributed by atoms with E-state index in [9.17, 15) is 13.2 Å². The molecule has 2 aromatic rings. The number of hydrogen-bond acceptors (Lipinski definition) is 1. The Balaban J connectivity index is 2.57. The van der Waals surface area contributed by atoms with Gasteiger partial charge in [0.2, 0.25) is 0 Å². The van der Waals surface area contributed by atoms with Gasteiger partial charge in [0.25, 0.3) is 0 Å². The molecule has 16 heavy (non-hydrogen) atoms. The molecule has 2 rings (SSSR count). The van der Waals surface area contributed by atoms with Crippen LogP contribution in [-0.2, 0) is 13.2 Å². The summed E-state index contributed by atoms with van der Waals surface area (Å²) < 4.78 is 39.6. The van der Waals surface area contributed by atoms with Gasteiger partial charge in [-0.15, -0.1) is 0 Å². The van der Waals surface area contributed by atoms with Gasteiger partial charge < -0.3 is 0 Å². The lowest BCUT2D eigenvalue weighted by Gasteiger charge is -2.10. The molecule has 84 valence electrons. The summed E-state index contributed by atoms with van der Waals surface area (Å²) >= 11 is 0. The number of benzene rings is 1. The van der Waals surface area contributed by atoms with Gasteiger partial charge in [-0.05, 0) is 11.6 Å². The highest BCUT2D eigenvalue weighted by Gasteiger charge is 2.33. The van der Waals surface area contributed by atoms with Crippen molar-refractivity contribution in [3.8, 4) is 11.1 Å². The molecule has 0 unspecified atom stereocenters. The summed E-state index contributed by atoms with van der Waals surface area (Å²) in [7, 11) is 1.67. The molecule has 0 aliphatic heterocycles. The summed E-state index contributed by atoms with van der Waals surface area (Å²) in [6, 6.07) is 5.47. The molecule has 5 heteroatoms. The quantitative estimate of drug-likeness (QED) is 0.730. The summed E-state index contributed by atoms with van der Waals surface area (Å²) in [6.45, 7) is 0. The van der Waals surface area contributed by atoms with Crippen LogP contribution in [-0.4, -0.2) is 9.78 Å². The molecule has 0 amide bonds. The second-order valence-electron chi connectivity index (χ2n) is 3.45. The monoisotopic (exact) mass is 226 g/mol. The molecule has 2 nitrogen and oxygen atoms in total. The van der Waals surface area contributed by atoms with Crippen molar-refractivity contribution >= 4 is 0 Å². The topological polar surface area (TPSA) is 17.8 Å². The molecule has 1 heterocycles. The van der Waals surface area contributed by atoms with E-state index in [0.717, 1.165) is 6.07 Å². The third-order valence-electron chi connectivity index (χ3n) is 2.25. The molecule has 0 bridgehead atoms. The molecule has 0 radical (unpaired) electrons. The van der Waals surface area contributed by atoms with Crippen LogP contribution in [0.1, 0.15) is 5.56 Å². The Morgan fingerprint density at radius 2 is 1.88 bits per heavy atom. The molecule has 0 atom stereocenters. The Bertz CT molecular complexity index is 500. The maximum absolute atomic E-state index is 12.7. The van der Waals surface area contributed by atoms with Gasteiger partial charge in [0, 0.05) is 18.8 Å². The van der Waals surface area contributed by atoms with E-state index in [1.165, 1.54) is 23.0 Å². The van der Waals surface area contributed by atoms with E-state index in [0.29, 0.717) is 5.56 Å². The average molecular weight is 226 g/mol. The zero-order chi connectivity index (χ0) is 11.8. The standard InChI is InChI=1S/C11H9F3N2/c1-16-7-8(6-15-16)9-4-2-3-5-10(9)11(12,13)14/h2-7H,1H3. The fourth-order valence-electron chi connectivity index (χ4n) is 1.54. The second kappa shape index (κ2) is 3.66. The van der Waals surface area contributed by atoms with Gasteiger partial charge in [0.15, 0.2) is 0 Å². The van der Waals surface area contributed by atoms with Crippen molar-refractivity contribution in [2.45, 2.75) is 6.18 Å². The molecule has 0 N–H and O–H groups in total. The van der Waals surface area contributed by atoms with E-state index in [1.807, 2.05) is 0 Å². The summed E-state index contributed by atoms with van der Waals surface area (Å²) in [5, 5.41) is 3.87. The van der Waals surface area contributed by atoms with Crippen LogP contribution in [0.2, 0.25) is 0 Å². The van der Waals surface area contributed by atoms with Crippen LogP contribution in [0.15, 0.2) is 36.7 Å². The summed E-state index contributed by atoms with van der Waals surface area (Å²) in [5.74, 6) is 0. The van der Waals surface area contributed by atoms with E-state index in [1.54, 1.807) is 19.3 Å². The zero-order valence-electron chi connectivity index (χ0n) is 8.49. The summed E-state index contributed by atoms with van der Waals surface area (Å²) in [4.78, 5) is 0. The smallest absolute Gasteiger partial charge is 0.275 e. The maximum atomic E-state index is 12.7. The van der Waals surface area contributed by atoms with E-state index < -0.39 is 11.7 Å². The van der Waals surface area contributed by atoms with Crippen LogP contribution in [0.3, 0.4) is 0 Å².